The van der Waals surface area contributed by atoms with Gasteiger partial charge in [0.15, 0.2) is 0 Å². The average molecular weight is 201 g/mol. The van der Waals surface area contributed by atoms with Gasteiger partial charge in [-0.1, -0.05) is 6.92 Å². The third-order valence-electron chi connectivity index (χ3n) is 1.27. The third kappa shape index (κ3) is 6.89. The van der Waals surface area contributed by atoms with Crippen molar-refractivity contribution in [3.63, 3.8) is 0 Å². The van der Waals surface area contributed by atoms with Crippen LogP contribution in [0.15, 0.2) is 0 Å². The lowest BCUT2D eigenvalue weighted by molar-refractivity contribution is -0.120. The number of hydrazine groups is 1. The molecule has 4 amide bonds. The zero-order chi connectivity index (χ0) is 11.1. The van der Waals surface area contributed by atoms with Crippen molar-refractivity contribution in [2.45, 2.75) is 13.3 Å². The van der Waals surface area contributed by atoms with E-state index in [-0.39, 0.29) is 12.3 Å². The largest absolute Gasteiger partial charge is 0.370 e. The number of carbonyl (C=O) groups excluding carboxylic acids is 3. The highest BCUT2D eigenvalue weighted by Gasteiger charge is 2.11. The number of hydrogen-bond acceptors (Lipinski definition) is 3. The van der Waals surface area contributed by atoms with Crippen LogP contribution in [0.25, 0.3) is 0 Å². The Morgan fingerprint density at radius 3 is 2.29 bits per heavy atom. The molecule has 0 spiro atoms. The molecule has 79 valence electrons. The molecule has 7 nitrogen and oxygen atoms in total. The SMILES string of the molecule is C[C@@H]([CH]C(=O)NNC(N)=O)CC(N)=O. The predicted molar refractivity (Wildman–Crippen MR) is 48.1 cm³/mol. The minimum Gasteiger partial charge on any atom is -0.370 e. The minimum atomic E-state index is -0.866. The van der Waals surface area contributed by atoms with Crippen LogP contribution in [0.2, 0.25) is 0 Å². The molecule has 0 saturated heterocycles. The van der Waals surface area contributed by atoms with Crippen LogP contribution in [-0.2, 0) is 9.59 Å². The van der Waals surface area contributed by atoms with Crippen LogP contribution in [0.4, 0.5) is 4.79 Å². The fourth-order valence-corrected chi connectivity index (χ4v) is 0.800. The fourth-order valence-electron chi connectivity index (χ4n) is 0.800. The van der Waals surface area contributed by atoms with Crippen molar-refractivity contribution in [1.29, 1.82) is 0 Å². The maximum atomic E-state index is 11.0. The summed E-state index contributed by atoms with van der Waals surface area (Å²) in [6, 6.07) is -0.866. The van der Waals surface area contributed by atoms with Crippen LogP contribution in [-0.4, -0.2) is 17.8 Å². The molecule has 0 rings (SSSR count). The molecule has 0 aliphatic heterocycles. The Balaban J connectivity index is 3.71. The Bertz CT molecular complexity index is 241. The maximum Gasteiger partial charge on any atom is 0.330 e. The lowest BCUT2D eigenvalue weighted by atomic mass is 10.0. The van der Waals surface area contributed by atoms with Crippen molar-refractivity contribution in [2.75, 3.05) is 0 Å². The van der Waals surface area contributed by atoms with E-state index in [1.54, 1.807) is 6.92 Å². The summed E-state index contributed by atoms with van der Waals surface area (Å²) in [6.45, 7) is 1.65. The van der Waals surface area contributed by atoms with E-state index in [1.807, 2.05) is 10.9 Å². The van der Waals surface area contributed by atoms with Crippen molar-refractivity contribution in [2.24, 2.45) is 17.4 Å². The molecular weight excluding hydrogens is 188 g/mol. The van der Waals surface area contributed by atoms with Crippen LogP contribution in [0, 0.1) is 12.3 Å². The van der Waals surface area contributed by atoms with Crippen molar-refractivity contribution in [3.8, 4) is 0 Å². The Morgan fingerprint density at radius 1 is 1.29 bits per heavy atom. The van der Waals surface area contributed by atoms with Gasteiger partial charge >= 0.3 is 6.03 Å². The predicted octanol–water partition coefficient (Wildman–Crippen LogP) is -1.60. The van der Waals surface area contributed by atoms with E-state index < -0.39 is 17.8 Å². The molecule has 1 atom stereocenters. The molecule has 0 saturated carbocycles. The zero-order valence-corrected chi connectivity index (χ0v) is 7.74. The van der Waals surface area contributed by atoms with Crippen molar-refractivity contribution < 1.29 is 14.4 Å². The molecule has 0 unspecified atom stereocenters. The first kappa shape index (κ1) is 12.2. The summed E-state index contributed by atoms with van der Waals surface area (Å²) >= 11 is 0. The minimum absolute atomic E-state index is 0.0734. The Morgan fingerprint density at radius 2 is 1.86 bits per heavy atom. The van der Waals surface area contributed by atoms with Gasteiger partial charge in [-0.05, 0) is 5.92 Å². The average Bonchev–Trinajstić information content (AvgIpc) is 1.98. The number of nitrogens with two attached hydrogens (primary N) is 2. The maximum absolute atomic E-state index is 11.0. The quantitative estimate of drug-likeness (QED) is 0.409. The van der Waals surface area contributed by atoms with Gasteiger partial charge in [0, 0.05) is 6.42 Å². The van der Waals surface area contributed by atoms with Crippen LogP contribution in [0.1, 0.15) is 13.3 Å². The zero-order valence-electron chi connectivity index (χ0n) is 7.74. The normalized spacial score (nSPS) is 11.5. The van der Waals surface area contributed by atoms with Gasteiger partial charge in [0.25, 0.3) is 0 Å². The van der Waals surface area contributed by atoms with E-state index >= 15 is 0 Å². The second kappa shape index (κ2) is 5.79. The Kier molecular flexibility index (Phi) is 5.05. The molecule has 0 fully saturated rings. The Hall–Kier alpha value is -1.79. The van der Waals surface area contributed by atoms with E-state index in [1.165, 1.54) is 6.42 Å². The smallest absolute Gasteiger partial charge is 0.330 e. The van der Waals surface area contributed by atoms with Crippen LogP contribution in [0.5, 0.6) is 0 Å². The monoisotopic (exact) mass is 201 g/mol. The van der Waals surface area contributed by atoms with Gasteiger partial charge in [-0.25, -0.2) is 10.2 Å². The van der Waals surface area contributed by atoms with Gasteiger partial charge in [0.2, 0.25) is 11.8 Å². The molecule has 7 heteroatoms. The molecule has 1 radical (unpaired) electrons. The number of hydrogen-bond donors (Lipinski definition) is 4. The second-order valence-electron chi connectivity index (χ2n) is 2.79. The van der Waals surface area contributed by atoms with Crippen molar-refractivity contribution in [3.05, 3.63) is 6.42 Å². The number of carbonyl (C=O) groups is 3. The van der Waals surface area contributed by atoms with E-state index in [4.69, 9.17) is 11.5 Å². The summed E-state index contributed by atoms with van der Waals surface area (Å²) in [7, 11) is 0. The van der Waals surface area contributed by atoms with Crippen molar-refractivity contribution in [1.82, 2.24) is 10.9 Å². The first-order chi connectivity index (χ1) is 6.41. The molecule has 14 heavy (non-hydrogen) atoms. The molecular formula is C7H13N4O3. The molecule has 0 aliphatic carbocycles. The number of urea groups is 1. The summed E-state index contributed by atoms with van der Waals surface area (Å²) in [5, 5.41) is 0. The standard InChI is InChI=1S/C7H13N4O3/c1-4(2-5(8)12)3-6(13)10-11-7(9)14/h3-4H,2H2,1H3,(H2,8,12)(H,10,13)(H3,9,11,14)/t4-/m1/s1. The topological polar surface area (TPSA) is 127 Å². The third-order valence-corrected chi connectivity index (χ3v) is 1.27. The Labute approximate surface area is 81.2 Å². The summed E-state index contributed by atoms with van der Waals surface area (Å²) in [4.78, 5) is 31.6. The summed E-state index contributed by atoms with van der Waals surface area (Å²) < 4.78 is 0. The van der Waals surface area contributed by atoms with Gasteiger partial charge in [-0.15, -0.1) is 0 Å². The van der Waals surface area contributed by atoms with E-state index in [0.717, 1.165) is 0 Å². The molecule has 0 aromatic heterocycles. The molecule has 0 aliphatic rings. The molecule has 0 aromatic carbocycles. The highest BCUT2D eigenvalue weighted by Crippen LogP contribution is 2.04. The van der Waals surface area contributed by atoms with E-state index in [2.05, 4.69) is 0 Å². The lowest BCUT2D eigenvalue weighted by Crippen LogP contribution is -2.45. The van der Waals surface area contributed by atoms with Gasteiger partial charge in [0.1, 0.15) is 0 Å². The van der Waals surface area contributed by atoms with Gasteiger partial charge in [-0.2, -0.15) is 0 Å². The van der Waals surface area contributed by atoms with Crippen molar-refractivity contribution >= 4 is 17.8 Å². The number of amides is 4. The first-order valence-corrected chi connectivity index (χ1v) is 3.90. The van der Waals surface area contributed by atoms with Gasteiger partial charge < -0.3 is 11.5 Å². The van der Waals surface area contributed by atoms with E-state index in [9.17, 15) is 14.4 Å². The number of nitrogens with one attached hydrogen (secondary N) is 2. The summed E-state index contributed by atoms with van der Waals surface area (Å²) in [6.07, 6.45) is 1.30. The summed E-state index contributed by atoms with van der Waals surface area (Å²) in [5.74, 6) is -1.33. The van der Waals surface area contributed by atoms with E-state index in [0.29, 0.717) is 0 Å². The van der Waals surface area contributed by atoms with Gasteiger partial charge in [-0.3, -0.25) is 15.0 Å². The number of rotatable bonds is 4. The highest BCUT2D eigenvalue weighted by molar-refractivity contribution is 5.87. The first-order valence-electron chi connectivity index (χ1n) is 3.90. The number of primary amides is 2. The lowest BCUT2D eigenvalue weighted by Gasteiger charge is -2.08. The molecule has 0 heterocycles. The molecule has 0 aromatic rings. The van der Waals surface area contributed by atoms with Gasteiger partial charge in [0.05, 0.1) is 6.42 Å². The molecule has 6 N–H and O–H groups in total. The van der Waals surface area contributed by atoms with Crippen LogP contribution < -0.4 is 22.3 Å². The fraction of sp³-hybridized carbons (Fsp3) is 0.429. The summed E-state index contributed by atoms with van der Waals surface area (Å²) in [5.41, 5.74) is 13.5. The van der Waals surface area contributed by atoms with Crippen LogP contribution in [0.3, 0.4) is 0 Å². The van der Waals surface area contributed by atoms with Crippen LogP contribution >= 0.6 is 0 Å². The highest BCUT2D eigenvalue weighted by atomic mass is 16.2. The second-order valence-corrected chi connectivity index (χ2v) is 2.79. The molecule has 0 bridgehead atoms.